The summed E-state index contributed by atoms with van der Waals surface area (Å²) >= 11 is 0. The van der Waals surface area contributed by atoms with E-state index in [-0.39, 0.29) is 12.1 Å². The third-order valence-electron chi connectivity index (χ3n) is 5.76. The molecule has 3 atom stereocenters. The molecule has 20 heavy (non-hydrogen) atoms. The van der Waals surface area contributed by atoms with Crippen molar-refractivity contribution in [2.45, 2.75) is 57.5 Å². The smallest absolute Gasteiger partial charge is 0.0619 e. The molecule has 0 heterocycles. The Hall–Kier alpha value is -0.860. The highest BCUT2D eigenvalue weighted by molar-refractivity contribution is 5.32. The summed E-state index contributed by atoms with van der Waals surface area (Å²) in [5.74, 6) is 1.16. The van der Waals surface area contributed by atoms with Gasteiger partial charge in [0.1, 0.15) is 0 Å². The van der Waals surface area contributed by atoms with Crippen LogP contribution in [0, 0.1) is 11.8 Å². The van der Waals surface area contributed by atoms with Gasteiger partial charge in [-0.1, -0.05) is 31.2 Å². The third-order valence-corrected chi connectivity index (χ3v) is 5.76. The molecule has 0 saturated heterocycles. The van der Waals surface area contributed by atoms with E-state index in [0.29, 0.717) is 17.9 Å². The molecule has 0 spiro atoms. The highest BCUT2D eigenvalue weighted by Gasteiger charge is 2.51. The van der Waals surface area contributed by atoms with Crippen molar-refractivity contribution >= 4 is 0 Å². The van der Waals surface area contributed by atoms with Crippen LogP contribution in [0.5, 0.6) is 0 Å². The molecule has 0 radical (unpaired) electrons. The van der Waals surface area contributed by atoms with Gasteiger partial charge in [0, 0.05) is 11.6 Å². The van der Waals surface area contributed by atoms with Gasteiger partial charge in [-0.05, 0) is 62.0 Å². The van der Waals surface area contributed by atoms with E-state index in [9.17, 15) is 5.11 Å². The summed E-state index contributed by atoms with van der Waals surface area (Å²) in [7, 11) is 0. The highest BCUT2D eigenvalue weighted by atomic mass is 16.3. The van der Waals surface area contributed by atoms with Crippen molar-refractivity contribution in [1.82, 2.24) is 5.32 Å². The average Bonchev–Trinajstić information content (AvgIpc) is 2.70. The Balaban J connectivity index is 1.94. The summed E-state index contributed by atoms with van der Waals surface area (Å²) in [6.07, 6.45) is 5.87. The number of nitrogens with one attached hydrogen (secondary N) is 1. The molecular formula is C18H27NO. The molecule has 3 rings (SSSR count). The second kappa shape index (κ2) is 5.50. The van der Waals surface area contributed by atoms with Crippen molar-refractivity contribution in [2.24, 2.45) is 11.8 Å². The van der Waals surface area contributed by atoms with Crippen LogP contribution >= 0.6 is 0 Å². The van der Waals surface area contributed by atoms with Crippen LogP contribution in [0.2, 0.25) is 0 Å². The molecule has 2 aliphatic carbocycles. The fourth-order valence-corrected chi connectivity index (χ4v) is 4.41. The van der Waals surface area contributed by atoms with Gasteiger partial charge in [-0.15, -0.1) is 0 Å². The molecule has 2 bridgehead atoms. The Morgan fingerprint density at radius 3 is 2.20 bits per heavy atom. The summed E-state index contributed by atoms with van der Waals surface area (Å²) < 4.78 is 0. The predicted molar refractivity (Wildman–Crippen MR) is 82.8 cm³/mol. The zero-order valence-corrected chi connectivity index (χ0v) is 12.7. The first kappa shape index (κ1) is 14.1. The number of aliphatic hydroxyl groups is 1. The fourth-order valence-electron chi connectivity index (χ4n) is 4.41. The Kier molecular flexibility index (Phi) is 3.87. The second-order valence-corrected chi connectivity index (χ2v) is 6.80. The van der Waals surface area contributed by atoms with Gasteiger partial charge in [0.25, 0.3) is 0 Å². The summed E-state index contributed by atoms with van der Waals surface area (Å²) in [4.78, 5) is 0. The van der Waals surface area contributed by atoms with Crippen molar-refractivity contribution < 1.29 is 5.11 Å². The largest absolute Gasteiger partial charge is 0.394 e. The zero-order chi connectivity index (χ0) is 14.2. The first-order chi connectivity index (χ1) is 9.69. The van der Waals surface area contributed by atoms with Crippen molar-refractivity contribution in [3.8, 4) is 0 Å². The second-order valence-electron chi connectivity index (χ2n) is 6.80. The maximum absolute atomic E-state index is 10.2. The maximum Gasteiger partial charge on any atom is 0.0619 e. The minimum absolute atomic E-state index is 0.0611. The van der Waals surface area contributed by atoms with Crippen LogP contribution in [0.3, 0.4) is 0 Å². The van der Waals surface area contributed by atoms with Gasteiger partial charge in [0.15, 0.2) is 0 Å². The number of hydrogen-bond acceptors (Lipinski definition) is 2. The number of hydrogen-bond donors (Lipinski definition) is 2. The molecule has 3 unspecified atom stereocenters. The molecular weight excluding hydrogens is 246 g/mol. The van der Waals surface area contributed by atoms with E-state index in [1.807, 2.05) is 0 Å². The Morgan fingerprint density at radius 2 is 1.75 bits per heavy atom. The van der Waals surface area contributed by atoms with Gasteiger partial charge in [-0.25, -0.2) is 0 Å². The summed E-state index contributed by atoms with van der Waals surface area (Å²) in [5, 5.41) is 14.0. The Bertz CT molecular complexity index is 437. The van der Waals surface area contributed by atoms with Gasteiger partial charge < -0.3 is 10.4 Å². The quantitative estimate of drug-likeness (QED) is 0.884. The van der Waals surface area contributed by atoms with Crippen LogP contribution in [0.4, 0.5) is 0 Å². The molecule has 2 heteroatoms. The van der Waals surface area contributed by atoms with Crippen molar-refractivity contribution in [3.05, 3.63) is 35.4 Å². The van der Waals surface area contributed by atoms with Gasteiger partial charge in [-0.2, -0.15) is 0 Å². The normalized spacial score (nSPS) is 33.5. The topological polar surface area (TPSA) is 32.3 Å². The number of aliphatic hydroxyl groups excluding tert-OH is 1. The van der Waals surface area contributed by atoms with Gasteiger partial charge >= 0.3 is 0 Å². The lowest BCUT2D eigenvalue weighted by atomic mass is 9.78. The van der Waals surface area contributed by atoms with Crippen LogP contribution < -0.4 is 5.32 Å². The first-order valence-corrected chi connectivity index (χ1v) is 8.15. The summed E-state index contributed by atoms with van der Waals surface area (Å²) in [6.45, 7) is 4.74. The molecule has 1 saturated carbocycles. The van der Waals surface area contributed by atoms with E-state index in [1.165, 1.54) is 24.0 Å². The minimum Gasteiger partial charge on any atom is -0.394 e. The maximum atomic E-state index is 10.2. The van der Waals surface area contributed by atoms with E-state index in [1.54, 1.807) is 0 Å². The van der Waals surface area contributed by atoms with E-state index >= 15 is 0 Å². The van der Waals surface area contributed by atoms with E-state index in [4.69, 9.17) is 0 Å². The standard InChI is InChI=1S/C18H27NO/c1-3-13(2)19-18(12-20)16-8-9-17(18)11-15-7-5-4-6-14(15)10-16/h4-7,13,16-17,19-20H,3,8-12H2,1-2H3. The average molecular weight is 273 g/mol. The molecule has 110 valence electrons. The molecule has 0 amide bonds. The van der Waals surface area contributed by atoms with Crippen LogP contribution in [0.25, 0.3) is 0 Å². The predicted octanol–water partition coefficient (Wildman–Crippen LogP) is 2.93. The highest BCUT2D eigenvalue weighted by Crippen LogP contribution is 2.47. The lowest BCUT2D eigenvalue weighted by Gasteiger charge is -2.41. The van der Waals surface area contributed by atoms with Crippen LogP contribution in [-0.4, -0.2) is 23.3 Å². The van der Waals surface area contributed by atoms with E-state index in [2.05, 4.69) is 43.4 Å². The van der Waals surface area contributed by atoms with Crippen LogP contribution in [0.15, 0.2) is 24.3 Å². The van der Waals surface area contributed by atoms with E-state index < -0.39 is 0 Å². The van der Waals surface area contributed by atoms with Gasteiger partial charge in [-0.3, -0.25) is 0 Å². The fraction of sp³-hybridized carbons (Fsp3) is 0.667. The molecule has 1 aromatic carbocycles. The van der Waals surface area contributed by atoms with Crippen LogP contribution in [-0.2, 0) is 12.8 Å². The van der Waals surface area contributed by atoms with Crippen LogP contribution in [0.1, 0.15) is 44.2 Å². The van der Waals surface area contributed by atoms with Gasteiger partial charge in [0.2, 0.25) is 0 Å². The monoisotopic (exact) mass is 273 g/mol. The summed E-state index contributed by atoms with van der Waals surface area (Å²) in [6, 6.07) is 9.34. The third kappa shape index (κ3) is 2.19. The minimum atomic E-state index is -0.0611. The number of rotatable bonds is 4. The zero-order valence-electron chi connectivity index (χ0n) is 12.7. The molecule has 2 nitrogen and oxygen atoms in total. The Labute approximate surface area is 122 Å². The molecule has 2 N–H and O–H groups in total. The molecule has 0 aliphatic heterocycles. The molecule has 1 fully saturated rings. The van der Waals surface area contributed by atoms with Gasteiger partial charge in [0.05, 0.1) is 6.61 Å². The van der Waals surface area contributed by atoms with Crippen molar-refractivity contribution in [3.63, 3.8) is 0 Å². The molecule has 2 aliphatic rings. The first-order valence-electron chi connectivity index (χ1n) is 8.15. The molecule has 1 aromatic rings. The SMILES string of the molecule is CCC(C)NC1(CO)C2CCC1Cc1ccccc1C2. The lowest BCUT2D eigenvalue weighted by molar-refractivity contribution is 0.0783. The Morgan fingerprint density at radius 1 is 1.20 bits per heavy atom. The molecule has 0 aromatic heterocycles. The van der Waals surface area contributed by atoms with Crippen molar-refractivity contribution in [2.75, 3.05) is 6.61 Å². The number of fused-ring (bicyclic) bond motifs is 3. The lowest BCUT2D eigenvalue weighted by Crippen LogP contribution is -2.59. The number of benzene rings is 1. The summed E-state index contributed by atoms with van der Waals surface area (Å²) in [5.41, 5.74) is 2.95. The van der Waals surface area contributed by atoms with Crippen molar-refractivity contribution in [1.29, 1.82) is 0 Å². The van der Waals surface area contributed by atoms with E-state index in [0.717, 1.165) is 19.3 Å².